The lowest BCUT2D eigenvalue weighted by atomic mass is 9.94. The summed E-state index contributed by atoms with van der Waals surface area (Å²) in [5.41, 5.74) is 0.109. The predicted molar refractivity (Wildman–Crippen MR) is 106 cm³/mol. The van der Waals surface area contributed by atoms with Gasteiger partial charge in [-0.1, -0.05) is 25.0 Å². The number of hydrogen-bond acceptors (Lipinski definition) is 3. The van der Waals surface area contributed by atoms with Crippen LogP contribution in [0.1, 0.15) is 62.7 Å². The Kier molecular flexibility index (Phi) is 7.09. The molecule has 29 heavy (non-hydrogen) atoms. The SMILES string of the molecule is CC(C)N(C(=O)C1CCCN(C(=O)c2ccccc2OC(F)F)C1)C1CCCC1. The van der Waals surface area contributed by atoms with Crippen LogP contribution in [-0.2, 0) is 4.79 Å². The standard InChI is InChI=1S/C22H30F2N2O3/c1-15(2)26(17-9-3-4-10-17)20(27)16-8-7-13-25(14-16)21(28)18-11-5-6-12-19(18)29-22(23)24/h5-6,11-12,15-17,22H,3-4,7-10,13-14H2,1-2H3. The molecule has 5 nitrogen and oxygen atoms in total. The number of carbonyl (C=O) groups excluding carboxylic acids is 2. The molecule has 1 aliphatic carbocycles. The number of halogens is 2. The first kappa shape index (κ1) is 21.5. The van der Waals surface area contributed by atoms with Gasteiger partial charge in [0.25, 0.3) is 5.91 Å². The molecule has 2 fully saturated rings. The molecule has 0 N–H and O–H groups in total. The number of ether oxygens (including phenoxy) is 1. The number of rotatable bonds is 6. The summed E-state index contributed by atoms with van der Waals surface area (Å²) in [4.78, 5) is 29.9. The third-order valence-electron chi connectivity index (χ3n) is 5.92. The molecule has 1 atom stereocenters. The van der Waals surface area contributed by atoms with E-state index in [2.05, 4.69) is 4.74 Å². The van der Waals surface area contributed by atoms with Crippen molar-refractivity contribution in [2.24, 2.45) is 5.92 Å². The minimum absolute atomic E-state index is 0.109. The molecule has 3 rings (SSSR count). The van der Waals surface area contributed by atoms with Crippen molar-refractivity contribution in [3.05, 3.63) is 29.8 Å². The molecule has 0 aromatic heterocycles. The van der Waals surface area contributed by atoms with Crippen LogP contribution >= 0.6 is 0 Å². The molecule has 1 saturated heterocycles. The van der Waals surface area contributed by atoms with E-state index < -0.39 is 6.61 Å². The van der Waals surface area contributed by atoms with E-state index >= 15 is 0 Å². The number of alkyl halides is 2. The molecule has 1 aromatic rings. The normalized spacial score (nSPS) is 20.3. The van der Waals surface area contributed by atoms with Gasteiger partial charge in [0.2, 0.25) is 5.91 Å². The van der Waals surface area contributed by atoms with Gasteiger partial charge in [0.1, 0.15) is 5.75 Å². The highest BCUT2D eigenvalue weighted by molar-refractivity contribution is 5.97. The Morgan fingerprint density at radius 2 is 1.79 bits per heavy atom. The van der Waals surface area contributed by atoms with E-state index in [0.29, 0.717) is 13.1 Å². The van der Waals surface area contributed by atoms with Crippen molar-refractivity contribution < 1.29 is 23.1 Å². The van der Waals surface area contributed by atoms with Crippen LogP contribution in [0.25, 0.3) is 0 Å². The maximum absolute atomic E-state index is 13.3. The number of likely N-dealkylation sites (tertiary alicyclic amines) is 1. The zero-order valence-electron chi connectivity index (χ0n) is 17.2. The average molecular weight is 408 g/mol. The predicted octanol–water partition coefficient (Wildman–Crippen LogP) is 4.32. The van der Waals surface area contributed by atoms with Gasteiger partial charge in [-0.3, -0.25) is 9.59 Å². The van der Waals surface area contributed by atoms with Gasteiger partial charge in [0.05, 0.1) is 11.5 Å². The summed E-state index contributed by atoms with van der Waals surface area (Å²) in [7, 11) is 0. The Balaban J connectivity index is 1.73. The van der Waals surface area contributed by atoms with Crippen molar-refractivity contribution in [3.63, 3.8) is 0 Å². The van der Waals surface area contributed by atoms with Crippen molar-refractivity contribution in [3.8, 4) is 5.75 Å². The van der Waals surface area contributed by atoms with Gasteiger partial charge in [-0.2, -0.15) is 8.78 Å². The number of para-hydroxylation sites is 1. The molecular weight excluding hydrogens is 378 g/mol. The van der Waals surface area contributed by atoms with E-state index in [1.165, 1.54) is 12.1 Å². The third-order valence-corrected chi connectivity index (χ3v) is 5.92. The molecule has 1 unspecified atom stereocenters. The molecule has 0 bridgehead atoms. The van der Waals surface area contributed by atoms with Gasteiger partial charge in [0, 0.05) is 25.2 Å². The quantitative estimate of drug-likeness (QED) is 0.704. The molecule has 0 radical (unpaired) electrons. The third kappa shape index (κ3) is 5.06. The van der Waals surface area contributed by atoms with Crippen molar-refractivity contribution in [1.82, 2.24) is 9.80 Å². The first-order valence-corrected chi connectivity index (χ1v) is 10.5. The zero-order valence-corrected chi connectivity index (χ0v) is 17.2. The highest BCUT2D eigenvalue weighted by atomic mass is 19.3. The van der Waals surface area contributed by atoms with Crippen LogP contribution in [0.2, 0.25) is 0 Å². The van der Waals surface area contributed by atoms with Crippen LogP contribution in [0.15, 0.2) is 24.3 Å². The fourth-order valence-electron chi connectivity index (χ4n) is 4.62. The second kappa shape index (κ2) is 9.55. The van der Waals surface area contributed by atoms with Crippen molar-refractivity contribution in [2.75, 3.05) is 13.1 Å². The lowest BCUT2D eigenvalue weighted by Gasteiger charge is -2.39. The molecule has 1 aromatic carbocycles. The monoisotopic (exact) mass is 408 g/mol. The Labute approximate surface area is 171 Å². The van der Waals surface area contributed by atoms with E-state index in [4.69, 9.17) is 0 Å². The summed E-state index contributed by atoms with van der Waals surface area (Å²) in [6.07, 6.45) is 5.84. The minimum atomic E-state index is -2.99. The molecule has 0 spiro atoms. The molecule has 1 heterocycles. The largest absolute Gasteiger partial charge is 0.434 e. The Bertz CT molecular complexity index is 720. The van der Waals surface area contributed by atoms with Crippen LogP contribution in [-0.4, -0.2) is 53.4 Å². The van der Waals surface area contributed by atoms with Crippen molar-refractivity contribution in [1.29, 1.82) is 0 Å². The summed E-state index contributed by atoms with van der Waals surface area (Å²) >= 11 is 0. The van der Waals surface area contributed by atoms with Gasteiger partial charge in [-0.05, 0) is 51.7 Å². The molecule has 160 valence electrons. The van der Waals surface area contributed by atoms with Gasteiger partial charge in [0.15, 0.2) is 0 Å². The van der Waals surface area contributed by atoms with E-state index in [-0.39, 0.29) is 41.1 Å². The number of piperidine rings is 1. The maximum atomic E-state index is 13.3. The van der Waals surface area contributed by atoms with Crippen LogP contribution in [0.3, 0.4) is 0 Å². The highest BCUT2D eigenvalue weighted by Crippen LogP contribution is 2.30. The number of hydrogen-bond donors (Lipinski definition) is 0. The van der Waals surface area contributed by atoms with E-state index in [0.717, 1.165) is 38.5 Å². The molecule has 2 amide bonds. The van der Waals surface area contributed by atoms with Crippen LogP contribution in [0.5, 0.6) is 5.75 Å². The van der Waals surface area contributed by atoms with Crippen LogP contribution in [0, 0.1) is 5.92 Å². The molecule has 2 aliphatic rings. The van der Waals surface area contributed by atoms with Crippen molar-refractivity contribution >= 4 is 11.8 Å². The fourth-order valence-corrected chi connectivity index (χ4v) is 4.62. The van der Waals surface area contributed by atoms with Crippen LogP contribution < -0.4 is 4.74 Å². The zero-order chi connectivity index (χ0) is 21.0. The minimum Gasteiger partial charge on any atom is -0.434 e. The lowest BCUT2D eigenvalue weighted by Crippen LogP contribution is -2.51. The number of amides is 2. The first-order chi connectivity index (χ1) is 13.9. The lowest BCUT2D eigenvalue weighted by molar-refractivity contribution is -0.141. The summed E-state index contributed by atoms with van der Waals surface area (Å²) in [5, 5.41) is 0. The summed E-state index contributed by atoms with van der Waals surface area (Å²) < 4.78 is 29.9. The molecule has 1 saturated carbocycles. The van der Waals surface area contributed by atoms with E-state index in [1.54, 1.807) is 17.0 Å². The molecular formula is C22H30F2N2O3. The number of nitrogens with zero attached hydrogens (tertiary/aromatic N) is 2. The second-order valence-electron chi connectivity index (χ2n) is 8.24. The smallest absolute Gasteiger partial charge is 0.387 e. The fraction of sp³-hybridized carbons (Fsp3) is 0.636. The Morgan fingerprint density at radius 1 is 1.10 bits per heavy atom. The molecule has 1 aliphatic heterocycles. The summed E-state index contributed by atoms with van der Waals surface area (Å²) in [6.45, 7) is 1.92. The van der Waals surface area contributed by atoms with Gasteiger partial charge in [-0.25, -0.2) is 0 Å². The first-order valence-electron chi connectivity index (χ1n) is 10.5. The number of carbonyl (C=O) groups is 2. The topological polar surface area (TPSA) is 49.9 Å². The second-order valence-corrected chi connectivity index (χ2v) is 8.24. The van der Waals surface area contributed by atoms with Gasteiger partial charge < -0.3 is 14.5 Å². The number of benzene rings is 1. The van der Waals surface area contributed by atoms with E-state index in [9.17, 15) is 18.4 Å². The van der Waals surface area contributed by atoms with Gasteiger partial charge >= 0.3 is 6.61 Å². The van der Waals surface area contributed by atoms with Gasteiger partial charge in [-0.15, -0.1) is 0 Å². The highest BCUT2D eigenvalue weighted by Gasteiger charge is 2.36. The summed E-state index contributed by atoms with van der Waals surface area (Å²) in [6, 6.07) is 6.44. The summed E-state index contributed by atoms with van der Waals surface area (Å²) in [5.74, 6) is -0.633. The van der Waals surface area contributed by atoms with E-state index in [1.807, 2.05) is 18.7 Å². The maximum Gasteiger partial charge on any atom is 0.387 e. The average Bonchev–Trinajstić information content (AvgIpc) is 3.21. The molecule has 7 heteroatoms. The van der Waals surface area contributed by atoms with Crippen LogP contribution in [0.4, 0.5) is 8.78 Å². The Morgan fingerprint density at radius 3 is 2.45 bits per heavy atom. The van der Waals surface area contributed by atoms with Crippen molar-refractivity contribution in [2.45, 2.75) is 71.1 Å². The Hall–Kier alpha value is -2.18.